The Hall–Kier alpha value is -3.27. The van der Waals surface area contributed by atoms with Gasteiger partial charge in [-0.15, -0.1) is 0 Å². The van der Waals surface area contributed by atoms with Gasteiger partial charge in [-0.05, 0) is 30.3 Å². The van der Waals surface area contributed by atoms with Gasteiger partial charge in [-0.25, -0.2) is 4.79 Å². The molecule has 0 bridgehead atoms. The van der Waals surface area contributed by atoms with Crippen molar-refractivity contribution >= 4 is 35.1 Å². The van der Waals surface area contributed by atoms with E-state index in [0.717, 1.165) is 6.07 Å². The molecule has 2 aromatic carbocycles. The molecule has 0 atom stereocenters. The van der Waals surface area contributed by atoms with Crippen molar-refractivity contribution in [2.75, 3.05) is 18.5 Å². The van der Waals surface area contributed by atoms with E-state index < -0.39 is 48.4 Å². The molecule has 0 heterocycles. The molecule has 0 unspecified atom stereocenters. The lowest BCUT2D eigenvalue weighted by Crippen LogP contribution is -2.23. The van der Waals surface area contributed by atoms with Crippen molar-refractivity contribution in [2.24, 2.45) is 5.73 Å². The first-order valence-electron chi connectivity index (χ1n) is 7.92. The molecule has 0 spiro atoms. The molecule has 0 aliphatic heterocycles. The second-order valence-corrected chi connectivity index (χ2v) is 6.00. The van der Waals surface area contributed by atoms with Gasteiger partial charge in [0.05, 0.1) is 11.3 Å². The summed E-state index contributed by atoms with van der Waals surface area (Å²) in [6.07, 6.45) is -4.75. The normalized spacial score (nSPS) is 10.9. The lowest BCUT2D eigenvalue weighted by molar-refractivity contribution is -0.137. The smallest absolute Gasteiger partial charge is 0.418 e. The molecule has 29 heavy (non-hydrogen) atoms. The number of nitrogens with one attached hydrogen (secondary N) is 1. The molecular weight excluding hydrogens is 417 g/mol. The predicted octanol–water partition coefficient (Wildman–Crippen LogP) is 3.02. The SMILES string of the molecule is NC(=O)COc1ccccc1C(=O)OCC(=O)Nc1ccc(Cl)cc1C(F)(F)F. The van der Waals surface area contributed by atoms with Crippen molar-refractivity contribution in [3.05, 3.63) is 58.6 Å². The predicted molar refractivity (Wildman–Crippen MR) is 96.5 cm³/mol. The molecule has 0 aromatic heterocycles. The van der Waals surface area contributed by atoms with E-state index in [0.29, 0.717) is 6.07 Å². The molecule has 0 fully saturated rings. The van der Waals surface area contributed by atoms with Gasteiger partial charge in [-0.2, -0.15) is 13.2 Å². The van der Waals surface area contributed by atoms with Crippen LogP contribution in [0.25, 0.3) is 0 Å². The van der Waals surface area contributed by atoms with Crippen LogP contribution in [0.5, 0.6) is 5.75 Å². The number of nitrogens with two attached hydrogens (primary N) is 1. The number of ether oxygens (including phenoxy) is 2. The number of hydrogen-bond donors (Lipinski definition) is 2. The van der Waals surface area contributed by atoms with Gasteiger partial charge < -0.3 is 20.5 Å². The maximum atomic E-state index is 13.0. The molecule has 7 nitrogen and oxygen atoms in total. The largest absolute Gasteiger partial charge is 0.483 e. The fourth-order valence-electron chi connectivity index (χ4n) is 2.17. The second kappa shape index (κ2) is 9.28. The van der Waals surface area contributed by atoms with Crippen LogP contribution in [0.3, 0.4) is 0 Å². The quantitative estimate of drug-likeness (QED) is 0.656. The van der Waals surface area contributed by atoms with Crippen LogP contribution in [0, 0.1) is 0 Å². The van der Waals surface area contributed by atoms with Gasteiger partial charge in [-0.3, -0.25) is 9.59 Å². The summed E-state index contributed by atoms with van der Waals surface area (Å²) >= 11 is 5.57. The number of carbonyl (C=O) groups is 3. The van der Waals surface area contributed by atoms with E-state index in [9.17, 15) is 27.6 Å². The van der Waals surface area contributed by atoms with Gasteiger partial charge in [0, 0.05) is 5.02 Å². The van der Waals surface area contributed by atoms with E-state index in [4.69, 9.17) is 26.8 Å². The van der Waals surface area contributed by atoms with Crippen molar-refractivity contribution in [2.45, 2.75) is 6.18 Å². The topological polar surface area (TPSA) is 108 Å². The van der Waals surface area contributed by atoms with Crippen LogP contribution in [0.15, 0.2) is 42.5 Å². The summed E-state index contributed by atoms with van der Waals surface area (Å²) in [5.74, 6) is -2.75. The van der Waals surface area contributed by atoms with Crippen molar-refractivity contribution in [1.82, 2.24) is 0 Å². The minimum Gasteiger partial charge on any atom is -0.483 e. The third-order valence-corrected chi connectivity index (χ3v) is 3.61. The summed E-state index contributed by atoms with van der Waals surface area (Å²) in [4.78, 5) is 34.9. The van der Waals surface area contributed by atoms with Crippen molar-refractivity contribution < 1.29 is 37.0 Å². The zero-order chi connectivity index (χ0) is 21.6. The highest BCUT2D eigenvalue weighted by molar-refractivity contribution is 6.30. The Morgan fingerprint density at radius 2 is 1.76 bits per heavy atom. The Morgan fingerprint density at radius 3 is 2.41 bits per heavy atom. The molecule has 2 aromatic rings. The van der Waals surface area contributed by atoms with E-state index in [-0.39, 0.29) is 16.3 Å². The first-order chi connectivity index (χ1) is 13.6. The van der Waals surface area contributed by atoms with Crippen LogP contribution in [0.2, 0.25) is 5.02 Å². The van der Waals surface area contributed by atoms with Crippen molar-refractivity contribution in [3.8, 4) is 5.75 Å². The van der Waals surface area contributed by atoms with Crippen LogP contribution >= 0.6 is 11.6 Å². The molecule has 154 valence electrons. The maximum Gasteiger partial charge on any atom is 0.418 e. The number of esters is 1. The highest BCUT2D eigenvalue weighted by Gasteiger charge is 2.34. The summed E-state index contributed by atoms with van der Waals surface area (Å²) < 4.78 is 49.0. The number of anilines is 1. The fraction of sp³-hybridized carbons (Fsp3) is 0.167. The Labute approximate surface area is 167 Å². The van der Waals surface area contributed by atoms with Gasteiger partial charge in [0.15, 0.2) is 13.2 Å². The molecule has 2 amide bonds. The Morgan fingerprint density at radius 1 is 1.07 bits per heavy atom. The fourth-order valence-corrected chi connectivity index (χ4v) is 2.34. The van der Waals surface area contributed by atoms with Crippen LogP contribution in [0.4, 0.5) is 18.9 Å². The number of para-hydroxylation sites is 1. The van der Waals surface area contributed by atoms with Gasteiger partial charge in [0.1, 0.15) is 11.3 Å². The van der Waals surface area contributed by atoms with Gasteiger partial charge in [-0.1, -0.05) is 23.7 Å². The summed E-state index contributed by atoms with van der Waals surface area (Å²) in [7, 11) is 0. The number of halogens is 4. The minimum absolute atomic E-state index is 0.00577. The average Bonchev–Trinajstić information content (AvgIpc) is 2.65. The van der Waals surface area contributed by atoms with E-state index in [1.807, 2.05) is 5.32 Å². The molecule has 0 radical (unpaired) electrons. The van der Waals surface area contributed by atoms with Crippen molar-refractivity contribution in [3.63, 3.8) is 0 Å². The number of alkyl halides is 3. The first kappa shape index (κ1) is 22.0. The number of carbonyl (C=O) groups excluding carboxylic acids is 3. The van der Waals surface area contributed by atoms with Gasteiger partial charge >= 0.3 is 12.1 Å². The lowest BCUT2D eigenvalue weighted by Gasteiger charge is -2.14. The van der Waals surface area contributed by atoms with Crippen LogP contribution in [-0.2, 0) is 20.5 Å². The third-order valence-electron chi connectivity index (χ3n) is 3.37. The first-order valence-corrected chi connectivity index (χ1v) is 8.29. The number of rotatable bonds is 7. The molecule has 2 rings (SSSR count). The Bertz CT molecular complexity index is 934. The highest BCUT2D eigenvalue weighted by Crippen LogP contribution is 2.36. The Balaban J connectivity index is 2.04. The molecule has 0 aliphatic carbocycles. The molecular formula is C18H14ClF3N2O5. The van der Waals surface area contributed by atoms with Gasteiger partial charge in [0.25, 0.3) is 11.8 Å². The number of benzene rings is 2. The van der Waals surface area contributed by atoms with E-state index >= 15 is 0 Å². The zero-order valence-electron chi connectivity index (χ0n) is 14.6. The monoisotopic (exact) mass is 430 g/mol. The molecule has 0 saturated heterocycles. The zero-order valence-corrected chi connectivity index (χ0v) is 15.3. The second-order valence-electron chi connectivity index (χ2n) is 5.56. The average molecular weight is 431 g/mol. The summed E-state index contributed by atoms with van der Waals surface area (Å²) in [6, 6.07) is 8.52. The highest BCUT2D eigenvalue weighted by atomic mass is 35.5. The third kappa shape index (κ3) is 6.39. The van der Waals surface area contributed by atoms with Gasteiger partial charge in [0.2, 0.25) is 0 Å². The maximum absolute atomic E-state index is 13.0. The molecule has 0 aliphatic rings. The van der Waals surface area contributed by atoms with Crippen LogP contribution < -0.4 is 15.8 Å². The summed E-state index contributed by atoms with van der Waals surface area (Å²) in [5.41, 5.74) is 3.20. The number of hydrogen-bond acceptors (Lipinski definition) is 5. The van der Waals surface area contributed by atoms with E-state index in [2.05, 4.69) is 0 Å². The van der Waals surface area contributed by atoms with E-state index in [1.165, 1.54) is 30.3 Å². The van der Waals surface area contributed by atoms with E-state index in [1.54, 1.807) is 0 Å². The molecule has 0 saturated carbocycles. The summed E-state index contributed by atoms with van der Waals surface area (Å²) in [5, 5.41) is 1.86. The number of primary amides is 1. The lowest BCUT2D eigenvalue weighted by atomic mass is 10.1. The summed E-state index contributed by atoms with van der Waals surface area (Å²) in [6.45, 7) is -1.34. The van der Waals surface area contributed by atoms with Crippen molar-refractivity contribution in [1.29, 1.82) is 0 Å². The standard InChI is InChI=1S/C18H14ClF3N2O5/c19-10-5-6-13(12(7-10)18(20,21)22)24-16(26)9-29-17(27)11-3-1-2-4-14(11)28-8-15(23)25/h1-7H,8-9H2,(H2,23,25)(H,24,26). The Kier molecular flexibility index (Phi) is 7.05. The minimum atomic E-state index is -4.75. The molecule has 3 N–H and O–H groups in total. The van der Waals surface area contributed by atoms with Crippen LogP contribution in [-0.4, -0.2) is 31.0 Å². The molecule has 11 heteroatoms. The number of amides is 2. The van der Waals surface area contributed by atoms with Crippen LogP contribution in [0.1, 0.15) is 15.9 Å².